The number of phenols is 1. The van der Waals surface area contributed by atoms with Gasteiger partial charge in [0, 0.05) is 34.2 Å². The highest BCUT2D eigenvalue weighted by atomic mass is 16.3. The second-order valence-corrected chi connectivity index (χ2v) is 15.7. The van der Waals surface area contributed by atoms with Gasteiger partial charge in [0.05, 0.1) is 16.7 Å². The fraction of sp³-hybridized carbons (Fsp3) is 0.283. The van der Waals surface area contributed by atoms with Gasteiger partial charge in [0.25, 0.3) is 0 Å². The highest BCUT2D eigenvalue weighted by molar-refractivity contribution is 6.13. The maximum absolute atomic E-state index is 11.0. The molecule has 0 amide bonds. The van der Waals surface area contributed by atoms with Crippen molar-refractivity contribution in [3.63, 3.8) is 0 Å². The van der Waals surface area contributed by atoms with Crippen LogP contribution >= 0.6 is 0 Å². The molecule has 5 aromatic carbocycles. The van der Waals surface area contributed by atoms with Crippen molar-refractivity contribution in [2.24, 2.45) is 4.99 Å². The SMILES string of the molecule is C=C1C=CC(C)c2c(C(CC)CCC=N/C(=C\Cc3ccc4ccccc4c3)c3ccccc3O)c(C(/C=C\C)=C(C)/C(/C=C\C)=C/CC)cc3c4ccccc4n1c23.CC.CC. The van der Waals surface area contributed by atoms with Crippen molar-refractivity contribution >= 4 is 55.8 Å². The van der Waals surface area contributed by atoms with Gasteiger partial charge in [0.1, 0.15) is 5.75 Å². The summed E-state index contributed by atoms with van der Waals surface area (Å²) in [5.74, 6) is 0.672. The maximum atomic E-state index is 11.0. The van der Waals surface area contributed by atoms with Crippen LogP contribution in [0, 0.1) is 0 Å². The molecule has 0 radical (unpaired) electrons. The lowest BCUT2D eigenvalue weighted by atomic mass is 9.77. The van der Waals surface area contributed by atoms with Gasteiger partial charge in [-0.15, -0.1) is 0 Å². The summed E-state index contributed by atoms with van der Waals surface area (Å²) in [4.78, 5) is 5.11. The first kappa shape index (κ1) is 47.9. The summed E-state index contributed by atoms with van der Waals surface area (Å²) in [5, 5.41) is 15.9. The zero-order valence-corrected chi connectivity index (χ0v) is 39.7. The standard InChI is InChI=1S/C56H58N2O.2C2H6/c1-8-19-43(20-9-2)40(7)46(21-10-3)49-37-50-47-25-14-16-27-52(47)58-39(6)30-29-38(5)54(56(50)58)55(49)42(11-4)24-18-35-57-51(48-26-15-17-28-53(48)59)34-32-41-31-33-44-22-12-13-23-45(44)36-41;2*1-2/h8,10,12-17,19-23,25-31,33-38,42,59H,6,9,11,18,24,32H2,1-5,7H3;2*1-2H3/b19-8-,21-10-,43-20+,46-40+,51-34-,57-35?;;. The Hall–Kier alpha value is -6.19. The van der Waals surface area contributed by atoms with Gasteiger partial charge < -0.3 is 9.67 Å². The summed E-state index contributed by atoms with van der Waals surface area (Å²) in [7, 11) is 0. The van der Waals surface area contributed by atoms with Crippen LogP contribution in [0.3, 0.4) is 0 Å². The molecule has 1 N–H and O–H groups in total. The molecule has 0 fully saturated rings. The number of aliphatic imine (C=N–C) groups is 1. The van der Waals surface area contributed by atoms with Gasteiger partial charge in [0.2, 0.25) is 0 Å². The first-order chi connectivity index (χ1) is 30.8. The summed E-state index contributed by atoms with van der Waals surface area (Å²) >= 11 is 0. The molecule has 1 aliphatic rings. The number of nitrogens with zero attached hydrogens (tertiary/aromatic N) is 2. The fourth-order valence-corrected chi connectivity index (χ4v) is 9.00. The van der Waals surface area contributed by atoms with E-state index in [0.717, 1.165) is 42.6 Å². The van der Waals surface area contributed by atoms with E-state index >= 15 is 0 Å². The Kier molecular flexibility index (Phi) is 17.7. The lowest BCUT2D eigenvalue weighted by molar-refractivity contribution is 0.473. The molecule has 0 bridgehead atoms. The van der Waals surface area contributed by atoms with Crippen LogP contribution in [0.5, 0.6) is 5.75 Å². The molecule has 0 spiro atoms. The van der Waals surface area contributed by atoms with Crippen LogP contribution in [-0.4, -0.2) is 15.9 Å². The number of rotatable bonds is 14. The van der Waals surface area contributed by atoms with Crippen molar-refractivity contribution in [2.75, 3.05) is 0 Å². The summed E-state index contributed by atoms with van der Waals surface area (Å²) in [5.41, 5.74) is 14.1. The molecule has 1 aliphatic heterocycles. The highest BCUT2D eigenvalue weighted by Crippen LogP contribution is 2.48. The Morgan fingerprint density at radius 2 is 1.51 bits per heavy atom. The number of aromatic hydroxyl groups is 1. The molecule has 2 unspecified atom stereocenters. The van der Waals surface area contributed by atoms with Crippen molar-refractivity contribution in [2.45, 2.75) is 113 Å². The number of hydrogen-bond donors (Lipinski definition) is 1. The van der Waals surface area contributed by atoms with E-state index in [9.17, 15) is 5.11 Å². The quantitative estimate of drug-likeness (QED) is 0.0861. The smallest absolute Gasteiger partial charge is 0.124 e. The summed E-state index contributed by atoms with van der Waals surface area (Å²) in [6, 6.07) is 33.9. The largest absolute Gasteiger partial charge is 0.507 e. The van der Waals surface area contributed by atoms with Gasteiger partial charge >= 0.3 is 0 Å². The third-order valence-corrected chi connectivity index (χ3v) is 11.9. The van der Waals surface area contributed by atoms with Gasteiger partial charge in [-0.3, -0.25) is 4.99 Å². The normalized spacial score (nSPS) is 15.2. The molecular weight excluding hydrogens is 765 g/mol. The minimum atomic E-state index is 0.177. The molecule has 0 aliphatic carbocycles. The van der Waals surface area contributed by atoms with Crippen LogP contribution in [0.2, 0.25) is 0 Å². The van der Waals surface area contributed by atoms with Crippen LogP contribution in [0.4, 0.5) is 0 Å². The summed E-state index contributed by atoms with van der Waals surface area (Å²) in [6.45, 7) is 26.0. The van der Waals surface area contributed by atoms with E-state index in [1.165, 1.54) is 71.6 Å². The Balaban J connectivity index is 0.00000182. The van der Waals surface area contributed by atoms with E-state index in [1.807, 2.05) is 45.9 Å². The molecule has 2 atom stereocenters. The van der Waals surface area contributed by atoms with Gasteiger partial charge in [-0.1, -0.05) is 170 Å². The molecule has 7 rings (SSSR count). The number of fused-ring (bicyclic) bond motifs is 4. The topological polar surface area (TPSA) is 37.5 Å². The van der Waals surface area contributed by atoms with Gasteiger partial charge in [-0.25, -0.2) is 0 Å². The Labute approximate surface area is 379 Å². The monoisotopic (exact) mass is 835 g/mol. The average Bonchev–Trinajstić information content (AvgIpc) is 3.58. The second-order valence-electron chi connectivity index (χ2n) is 15.7. The lowest BCUT2D eigenvalue weighted by Crippen LogP contribution is -2.10. The Bertz CT molecular complexity index is 2740. The molecule has 326 valence electrons. The van der Waals surface area contributed by atoms with E-state index in [0.29, 0.717) is 6.42 Å². The van der Waals surface area contributed by atoms with Gasteiger partial charge in [0.15, 0.2) is 0 Å². The summed E-state index contributed by atoms with van der Waals surface area (Å²) < 4.78 is 2.40. The van der Waals surface area contributed by atoms with Crippen molar-refractivity contribution < 1.29 is 5.11 Å². The fourth-order valence-electron chi connectivity index (χ4n) is 9.00. The Morgan fingerprint density at radius 3 is 2.22 bits per heavy atom. The molecule has 2 heterocycles. The molecule has 0 saturated heterocycles. The summed E-state index contributed by atoms with van der Waals surface area (Å²) in [6.07, 6.45) is 24.4. The minimum absolute atomic E-state index is 0.177. The first-order valence-electron chi connectivity index (χ1n) is 23.4. The third kappa shape index (κ3) is 10.5. The molecule has 3 heteroatoms. The number of benzene rings is 5. The van der Waals surface area contributed by atoms with Crippen LogP contribution in [0.1, 0.15) is 135 Å². The van der Waals surface area contributed by atoms with E-state index in [1.54, 1.807) is 6.07 Å². The number of phenolic OH excluding ortho intramolecular Hbond substituents is 1. The first-order valence-corrected chi connectivity index (χ1v) is 23.4. The Morgan fingerprint density at radius 1 is 0.810 bits per heavy atom. The molecular formula is C60H70N2O. The van der Waals surface area contributed by atoms with E-state index < -0.39 is 0 Å². The number of para-hydroxylation sites is 2. The predicted octanol–water partition coefficient (Wildman–Crippen LogP) is 17.7. The van der Waals surface area contributed by atoms with Crippen molar-refractivity contribution in [3.05, 3.63) is 191 Å². The highest BCUT2D eigenvalue weighted by Gasteiger charge is 2.29. The number of aromatic nitrogens is 1. The zero-order valence-electron chi connectivity index (χ0n) is 39.7. The lowest BCUT2D eigenvalue weighted by Gasteiger charge is -2.27. The van der Waals surface area contributed by atoms with E-state index in [-0.39, 0.29) is 17.6 Å². The van der Waals surface area contributed by atoms with Crippen LogP contribution in [0.25, 0.3) is 49.5 Å². The van der Waals surface area contributed by atoms with E-state index in [2.05, 4.69) is 180 Å². The minimum Gasteiger partial charge on any atom is -0.507 e. The third-order valence-electron chi connectivity index (χ3n) is 11.9. The van der Waals surface area contributed by atoms with Gasteiger partial charge in [-0.2, -0.15) is 0 Å². The average molecular weight is 835 g/mol. The van der Waals surface area contributed by atoms with Crippen LogP contribution in [-0.2, 0) is 6.42 Å². The van der Waals surface area contributed by atoms with Crippen molar-refractivity contribution in [1.82, 2.24) is 4.57 Å². The van der Waals surface area contributed by atoms with Gasteiger partial charge in [-0.05, 0) is 139 Å². The molecule has 1 aromatic heterocycles. The van der Waals surface area contributed by atoms with Crippen LogP contribution in [0.15, 0.2) is 168 Å². The zero-order chi connectivity index (χ0) is 45.5. The molecule has 63 heavy (non-hydrogen) atoms. The number of allylic oxidation sites excluding steroid dienone is 12. The molecule has 3 nitrogen and oxygen atoms in total. The maximum Gasteiger partial charge on any atom is 0.124 e. The van der Waals surface area contributed by atoms with Crippen molar-refractivity contribution in [1.29, 1.82) is 0 Å². The predicted molar refractivity (Wildman–Crippen MR) is 280 cm³/mol. The second kappa shape index (κ2) is 23.3. The van der Waals surface area contributed by atoms with Crippen molar-refractivity contribution in [3.8, 4) is 5.75 Å². The van der Waals surface area contributed by atoms with E-state index in [4.69, 9.17) is 4.99 Å². The number of hydrogen-bond acceptors (Lipinski definition) is 2. The van der Waals surface area contributed by atoms with Crippen LogP contribution < -0.4 is 0 Å². The molecule has 0 saturated carbocycles. The molecule has 6 aromatic rings.